The quantitative estimate of drug-likeness (QED) is 0.0320. The van der Waals surface area contributed by atoms with E-state index in [1.807, 2.05) is 6.08 Å². The van der Waals surface area contributed by atoms with Gasteiger partial charge in [0.2, 0.25) is 5.91 Å². The second kappa shape index (κ2) is 72.0. The highest BCUT2D eigenvalue weighted by atomic mass is 16.5. The molecule has 0 aliphatic heterocycles. The molecule has 486 valence electrons. The van der Waals surface area contributed by atoms with Gasteiger partial charge < -0.3 is 20.3 Å². The van der Waals surface area contributed by atoms with Gasteiger partial charge in [0.05, 0.1) is 25.4 Å². The largest absolute Gasteiger partial charge is 0.466 e. The fourth-order valence-electron chi connectivity index (χ4n) is 11.3. The van der Waals surface area contributed by atoms with Gasteiger partial charge in [0.25, 0.3) is 0 Å². The Morgan fingerprint density at radius 1 is 0.337 bits per heavy atom. The molecule has 6 nitrogen and oxygen atoms in total. The lowest BCUT2D eigenvalue weighted by atomic mass is 10.0. The van der Waals surface area contributed by atoms with E-state index in [4.69, 9.17) is 4.74 Å². The normalized spacial score (nSPS) is 12.9. The minimum Gasteiger partial charge on any atom is -0.466 e. The lowest BCUT2D eigenvalue weighted by Crippen LogP contribution is -2.45. The molecule has 0 aliphatic carbocycles. The lowest BCUT2D eigenvalue weighted by molar-refractivity contribution is -0.143. The maximum Gasteiger partial charge on any atom is 0.305 e. The van der Waals surface area contributed by atoms with Crippen molar-refractivity contribution in [1.29, 1.82) is 0 Å². The molecule has 6 heteroatoms. The van der Waals surface area contributed by atoms with Gasteiger partial charge >= 0.3 is 5.97 Å². The number of aliphatic hydroxyl groups excluding tert-OH is 2. The molecule has 0 aromatic heterocycles. The number of ether oxygens (including phenoxy) is 1. The summed E-state index contributed by atoms with van der Waals surface area (Å²) in [6.07, 6.45) is 95.9. The maximum absolute atomic E-state index is 12.5. The van der Waals surface area contributed by atoms with Gasteiger partial charge in [-0.25, -0.2) is 0 Å². The monoisotopic (exact) mass is 1160 g/mol. The smallest absolute Gasteiger partial charge is 0.305 e. The number of allylic oxidation sites excluding steroid dienone is 9. The molecule has 0 heterocycles. The van der Waals surface area contributed by atoms with Gasteiger partial charge in [0.15, 0.2) is 0 Å². The fraction of sp³-hybridized carbons (Fsp3) is 0.844. The number of esters is 1. The van der Waals surface area contributed by atoms with Crippen LogP contribution in [0, 0.1) is 0 Å². The number of amides is 1. The van der Waals surface area contributed by atoms with Crippen LogP contribution in [0.2, 0.25) is 0 Å². The molecule has 0 bridgehead atoms. The first-order valence-electron chi connectivity index (χ1n) is 37.1. The summed E-state index contributed by atoms with van der Waals surface area (Å²) in [5.41, 5.74) is 0. The van der Waals surface area contributed by atoms with Crippen molar-refractivity contribution in [3.05, 3.63) is 60.8 Å². The SMILES string of the molecule is CCCCC/C=C\C/C=C\CCCCCCCCCCCC(=O)OCCCCCCCCCCC/C=C\C/C=C\CCCCCCCCCCCCCC(=O)NC(CO)C(O)/C=C/CCCCCCCCCCCCCCCCCCCC. The zero-order valence-corrected chi connectivity index (χ0v) is 55.7. The van der Waals surface area contributed by atoms with Crippen LogP contribution >= 0.6 is 0 Å². The number of rotatable bonds is 69. The van der Waals surface area contributed by atoms with E-state index in [1.54, 1.807) is 6.08 Å². The van der Waals surface area contributed by atoms with Crippen molar-refractivity contribution in [1.82, 2.24) is 5.32 Å². The van der Waals surface area contributed by atoms with Crippen LogP contribution in [0.1, 0.15) is 393 Å². The Bertz CT molecular complexity index is 1430. The predicted octanol–water partition coefficient (Wildman–Crippen LogP) is 24.2. The summed E-state index contributed by atoms with van der Waals surface area (Å²) in [4.78, 5) is 24.6. The standard InChI is InChI=1S/C77H143NO5/c1-3-5-7-9-11-13-15-17-19-21-23-34-37-41-45-49-53-57-61-65-69-75(80)74(73-79)78-76(81)70-66-62-58-54-50-46-42-38-35-31-29-27-25-24-26-28-30-32-36-40-44-48-52-56-60-64-68-72-83-77(82)71-67-63-59-55-51-47-43-39-33-22-20-18-16-14-12-10-8-6-4-2/h12,14,18,20,24-25,28,30,65,69,74-75,79-80H,3-11,13,15-17,19,21-23,26-27,29,31-64,66-68,70-73H2,1-2H3,(H,78,81)/b14-12-,20-18-,25-24-,30-28-,69-65+. The molecule has 2 unspecified atom stereocenters. The van der Waals surface area contributed by atoms with E-state index in [9.17, 15) is 19.8 Å². The van der Waals surface area contributed by atoms with E-state index in [-0.39, 0.29) is 18.5 Å². The van der Waals surface area contributed by atoms with Crippen molar-refractivity contribution in [2.75, 3.05) is 13.2 Å². The molecular weight excluding hydrogens is 1020 g/mol. The van der Waals surface area contributed by atoms with Crippen LogP contribution in [0.15, 0.2) is 60.8 Å². The second-order valence-corrected chi connectivity index (χ2v) is 25.3. The van der Waals surface area contributed by atoms with Crippen LogP contribution in [-0.4, -0.2) is 47.4 Å². The van der Waals surface area contributed by atoms with Crippen molar-refractivity contribution in [3.8, 4) is 0 Å². The van der Waals surface area contributed by atoms with E-state index >= 15 is 0 Å². The number of carbonyl (C=O) groups excluding carboxylic acids is 2. The van der Waals surface area contributed by atoms with Gasteiger partial charge in [-0.15, -0.1) is 0 Å². The fourth-order valence-corrected chi connectivity index (χ4v) is 11.3. The van der Waals surface area contributed by atoms with Crippen LogP contribution in [0.3, 0.4) is 0 Å². The van der Waals surface area contributed by atoms with Crippen LogP contribution < -0.4 is 5.32 Å². The summed E-state index contributed by atoms with van der Waals surface area (Å²) in [5.74, 6) is -0.0618. The summed E-state index contributed by atoms with van der Waals surface area (Å²) in [6, 6.07) is -0.633. The van der Waals surface area contributed by atoms with E-state index in [0.717, 1.165) is 57.8 Å². The Balaban J connectivity index is 3.44. The highest BCUT2D eigenvalue weighted by molar-refractivity contribution is 5.76. The highest BCUT2D eigenvalue weighted by Crippen LogP contribution is 2.18. The Morgan fingerprint density at radius 3 is 0.940 bits per heavy atom. The van der Waals surface area contributed by atoms with Gasteiger partial charge in [-0.1, -0.05) is 344 Å². The summed E-state index contributed by atoms with van der Waals surface area (Å²) in [6.45, 7) is 4.90. The van der Waals surface area contributed by atoms with Gasteiger partial charge in [-0.05, 0) is 96.3 Å². The molecule has 2 atom stereocenters. The molecule has 0 spiro atoms. The average molecular weight is 1160 g/mol. The molecule has 0 saturated carbocycles. The molecule has 0 aromatic carbocycles. The molecule has 0 aliphatic rings. The summed E-state index contributed by atoms with van der Waals surface area (Å²) in [7, 11) is 0. The number of unbranched alkanes of at least 4 members (excludes halogenated alkanes) is 50. The molecule has 0 radical (unpaired) electrons. The van der Waals surface area contributed by atoms with E-state index < -0.39 is 12.1 Å². The lowest BCUT2D eigenvalue weighted by Gasteiger charge is -2.20. The number of carbonyl (C=O) groups is 2. The first-order chi connectivity index (χ1) is 41.0. The molecule has 0 saturated heterocycles. The van der Waals surface area contributed by atoms with Crippen LogP contribution in [0.4, 0.5) is 0 Å². The predicted molar refractivity (Wildman–Crippen MR) is 365 cm³/mol. The Morgan fingerprint density at radius 2 is 0.602 bits per heavy atom. The molecule has 0 rings (SSSR count). The van der Waals surface area contributed by atoms with Crippen molar-refractivity contribution in [2.45, 2.75) is 405 Å². The van der Waals surface area contributed by atoms with Crippen molar-refractivity contribution in [3.63, 3.8) is 0 Å². The Kier molecular flexibility index (Phi) is 69.9. The van der Waals surface area contributed by atoms with Gasteiger partial charge in [-0.3, -0.25) is 9.59 Å². The van der Waals surface area contributed by atoms with Gasteiger partial charge in [0, 0.05) is 12.8 Å². The van der Waals surface area contributed by atoms with E-state index in [0.29, 0.717) is 19.4 Å². The summed E-state index contributed by atoms with van der Waals surface area (Å²) < 4.78 is 5.50. The van der Waals surface area contributed by atoms with Crippen molar-refractivity contribution >= 4 is 11.9 Å². The second-order valence-electron chi connectivity index (χ2n) is 25.3. The number of hydrogen-bond donors (Lipinski definition) is 3. The molecule has 83 heavy (non-hydrogen) atoms. The first-order valence-corrected chi connectivity index (χ1v) is 37.1. The third kappa shape index (κ3) is 68.5. The average Bonchev–Trinajstić information content (AvgIpc) is 3.49. The van der Waals surface area contributed by atoms with E-state index in [1.165, 1.54) is 308 Å². The number of hydrogen-bond acceptors (Lipinski definition) is 5. The molecular formula is C77H143NO5. The molecule has 0 aromatic rings. The van der Waals surface area contributed by atoms with Gasteiger partial charge in [0.1, 0.15) is 0 Å². The van der Waals surface area contributed by atoms with E-state index in [2.05, 4.69) is 67.8 Å². The first kappa shape index (κ1) is 80.6. The number of nitrogens with one attached hydrogen (secondary N) is 1. The Labute approximate surface area is 518 Å². The van der Waals surface area contributed by atoms with Crippen molar-refractivity contribution < 1.29 is 24.5 Å². The Hall–Kier alpha value is -2.44. The summed E-state index contributed by atoms with van der Waals surface area (Å²) >= 11 is 0. The third-order valence-corrected chi connectivity index (χ3v) is 17.0. The molecule has 0 fully saturated rings. The minimum atomic E-state index is -0.849. The highest BCUT2D eigenvalue weighted by Gasteiger charge is 2.18. The molecule has 3 N–H and O–H groups in total. The third-order valence-electron chi connectivity index (χ3n) is 17.0. The van der Waals surface area contributed by atoms with Crippen molar-refractivity contribution in [2.24, 2.45) is 0 Å². The minimum absolute atomic E-state index is 0.00658. The van der Waals surface area contributed by atoms with Crippen LogP contribution in [0.5, 0.6) is 0 Å². The maximum atomic E-state index is 12.5. The van der Waals surface area contributed by atoms with Gasteiger partial charge in [-0.2, -0.15) is 0 Å². The zero-order chi connectivity index (χ0) is 59.9. The van der Waals surface area contributed by atoms with Crippen LogP contribution in [0.25, 0.3) is 0 Å². The topological polar surface area (TPSA) is 95.9 Å². The van der Waals surface area contributed by atoms with Crippen LogP contribution in [-0.2, 0) is 14.3 Å². The zero-order valence-electron chi connectivity index (χ0n) is 55.7. The summed E-state index contributed by atoms with van der Waals surface area (Å²) in [5, 5.41) is 23.2. The number of aliphatic hydroxyl groups is 2. The molecule has 1 amide bonds.